The molecule has 0 spiro atoms. The zero-order valence-corrected chi connectivity index (χ0v) is 11.4. The van der Waals surface area contributed by atoms with E-state index < -0.39 is 6.61 Å². The van der Waals surface area contributed by atoms with Crippen LogP contribution < -0.4 is 15.8 Å². The lowest BCUT2D eigenvalue weighted by molar-refractivity contribution is -0.0498. The first-order chi connectivity index (χ1) is 9.45. The average Bonchev–Trinajstić information content (AvgIpc) is 2.37. The van der Waals surface area contributed by atoms with Gasteiger partial charge in [-0.15, -0.1) is 0 Å². The minimum Gasteiger partial charge on any atom is -0.435 e. The van der Waals surface area contributed by atoms with E-state index in [1.807, 2.05) is 6.92 Å². The van der Waals surface area contributed by atoms with Crippen molar-refractivity contribution in [3.05, 3.63) is 47.0 Å². The van der Waals surface area contributed by atoms with E-state index in [1.165, 1.54) is 12.1 Å². The first-order valence-corrected chi connectivity index (χ1v) is 6.21. The normalized spacial score (nSPS) is 10.7. The number of hydrogen-bond acceptors (Lipinski definition) is 3. The van der Waals surface area contributed by atoms with E-state index in [2.05, 4.69) is 10.1 Å². The number of nitrogens with one attached hydrogen (secondary N) is 1. The summed E-state index contributed by atoms with van der Waals surface area (Å²) in [4.78, 5) is 0. The van der Waals surface area contributed by atoms with Crippen LogP contribution in [0.15, 0.2) is 36.4 Å². The lowest BCUT2D eigenvalue weighted by atomic mass is 10.1. The number of alkyl halides is 2. The number of halogens is 3. The van der Waals surface area contributed by atoms with Crippen molar-refractivity contribution in [3.63, 3.8) is 0 Å². The van der Waals surface area contributed by atoms with Crippen LogP contribution in [-0.4, -0.2) is 6.61 Å². The summed E-state index contributed by atoms with van der Waals surface area (Å²) in [5.41, 5.74) is 8.67. The molecule has 0 saturated heterocycles. The fourth-order valence-electron chi connectivity index (χ4n) is 1.71. The summed E-state index contributed by atoms with van der Waals surface area (Å²) in [6.07, 6.45) is 0. The molecule has 0 fully saturated rings. The van der Waals surface area contributed by atoms with E-state index in [0.717, 1.165) is 16.9 Å². The van der Waals surface area contributed by atoms with Crippen LogP contribution in [0.2, 0.25) is 5.02 Å². The third kappa shape index (κ3) is 3.51. The van der Waals surface area contributed by atoms with Gasteiger partial charge in [-0.1, -0.05) is 11.6 Å². The van der Waals surface area contributed by atoms with Gasteiger partial charge in [0.05, 0.1) is 10.7 Å². The van der Waals surface area contributed by atoms with Crippen LogP contribution in [0.25, 0.3) is 0 Å². The number of ether oxygens (including phenoxy) is 1. The number of aryl methyl sites for hydroxylation is 1. The van der Waals surface area contributed by atoms with Crippen molar-refractivity contribution in [2.45, 2.75) is 13.5 Å². The van der Waals surface area contributed by atoms with Gasteiger partial charge >= 0.3 is 6.61 Å². The van der Waals surface area contributed by atoms with Crippen LogP contribution in [0.3, 0.4) is 0 Å². The van der Waals surface area contributed by atoms with Gasteiger partial charge in [-0.2, -0.15) is 8.78 Å². The number of benzene rings is 2. The molecule has 2 rings (SSSR count). The van der Waals surface area contributed by atoms with Gasteiger partial charge in [0.1, 0.15) is 5.75 Å². The van der Waals surface area contributed by atoms with Crippen LogP contribution in [0.4, 0.5) is 25.8 Å². The van der Waals surface area contributed by atoms with Crippen molar-refractivity contribution >= 4 is 28.7 Å². The minimum atomic E-state index is -2.83. The summed E-state index contributed by atoms with van der Waals surface area (Å²) in [6.45, 7) is -0.935. The highest BCUT2D eigenvalue weighted by Gasteiger charge is 2.06. The molecule has 0 heterocycles. The second-order valence-corrected chi connectivity index (χ2v) is 4.62. The average molecular weight is 299 g/mol. The van der Waals surface area contributed by atoms with E-state index in [9.17, 15) is 8.78 Å². The summed E-state index contributed by atoms with van der Waals surface area (Å²) in [6, 6.07) is 9.68. The summed E-state index contributed by atoms with van der Waals surface area (Å²) < 4.78 is 28.4. The van der Waals surface area contributed by atoms with E-state index in [1.54, 1.807) is 24.3 Å². The van der Waals surface area contributed by atoms with Crippen LogP contribution in [0, 0.1) is 6.92 Å². The summed E-state index contributed by atoms with van der Waals surface area (Å²) in [5.74, 6) is 0.109. The lowest BCUT2D eigenvalue weighted by Crippen LogP contribution is -2.01. The highest BCUT2D eigenvalue weighted by Crippen LogP contribution is 2.29. The Labute approximate surface area is 120 Å². The predicted octanol–water partition coefficient (Wildman–Crippen LogP) is 4.58. The Morgan fingerprint density at radius 3 is 2.45 bits per heavy atom. The van der Waals surface area contributed by atoms with Crippen LogP contribution in [-0.2, 0) is 0 Å². The topological polar surface area (TPSA) is 47.3 Å². The molecule has 2 aromatic rings. The molecule has 0 atom stereocenters. The van der Waals surface area contributed by atoms with Crippen molar-refractivity contribution in [2.24, 2.45) is 0 Å². The van der Waals surface area contributed by atoms with Gasteiger partial charge in [-0.05, 0) is 48.9 Å². The van der Waals surface area contributed by atoms with E-state index in [0.29, 0.717) is 10.7 Å². The molecule has 0 radical (unpaired) electrons. The molecular weight excluding hydrogens is 286 g/mol. The number of nitrogens with two attached hydrogens (primary N) is 1. The second-order valence-electron chi connectivity index (χ2n) is 4.22. The van der Waals surface area contributed by atoms with Crippen molar-refractivity contribution in [2.75, 3.05) is 11.1 Å². The maximum absolute atomic E-state index is 12.0. The fourth-order valence-corrected chi connectivity index (χ4v) is 1.88. The number of nitrogen functional groups attached to an aromatic ring is 1. The predicted molar refractivity (Wildman–Crippen MR) is 77.0 cm³/mol. The Balaban J connectivity index is 2.16. The van der Waals surface area contributed by atoms with Gasteiger partial charge in [-0.3, -0.25) is 0 Å². The summed E-state index contributed by atoms with van der Waals surface area (Å²) >= 11 is 5.97. The first kappa shape index (κ1) is 14.4. The second kappa shape index (κ2) is 5.96. The van der Waals surface area contributed by atoms with Gasteiger partial charge in [0, 0.05) is 11.4 Å². The standard InChI is InChI=1S/C14H13ClF2N2O/c1-8-6-12(18)11(15)7-13(8)19-9-2-4-10(5-3-9)20-14(16)17/h2-7,14,19H,18H2,1H3. The van der Waals surface area contributed by atoms with E-state index in [-0.39, 0.29) is 5.75 Å². The van der Waals surface area contributed by atoms with Crippen LogP contribution in [0.5, 0.6) is 5.75 Å². The number of anilines is 3. The third-order valence-corrected chi connectivity index (χ3v) is 3.03. The van der Waals surface area contributed by atoms with Gasteiger partial charge in [-0.25, -0.2) is 0 Å². The quantitative estimate of drug-likeness (QED) is 0.812. The van der Waals surface area contributed by atoms with E-state index >= 15 is 0 Å². The lowest BCUT2D eigenvalue weighted by Gasteiger charge is -2.12. The zero-order chi connectivity index (χ0) is 14.7. The molecule has 0 aliphatic carbocycles. The highest BCUT2D eigenvalue weighted by atomic mass is 35.5. The van der Waals surface area contributed by atoms with Crippen molar-refractivity contribution < 1.29 is 13.5 Å². The van der Waals surface area contributed by atoms with Crippen molar-refractivity contribution in [1.29, 1.82) is 0 Å². The maximum atomic E-state index is 12.0. The monoisotopic (exact) mass is 298 g/mol. The molecule has 3 nitrogen and oxygen atoms in total. The fraction of sp³-hybridized carbons (Fsp3) is 0.143. The molecule has 6 heteroatoms. The maximum Gasteiger partial charge on any atom is 0.387 e. The molecule has 0 unspecified atom stereocenters. The van der Waals surface area contributed by atoms with Gasteiger partial charge in [0.25, 0.3) is 0 Å². The molecule has 2 aromatic carbocycles. The smallest absolute Gasteiger partial charge is 0.387 e. The van der Waals surface area contributed by atoms with Crippen LogP contribution in [0.1, 0.15) is 5.56 Å². The number of hydrogen-bond donors (Lipinski definition) is 2. The minimum absolute atomic E-state index is 0.109. The molecule has 0 aromatic heterocycles. The molecule has 0 saturated carbocycles. The molecule has 0 bridgehead atoms. The van der Waals surface area contributed by atoms with Crippen molar-refractivity contribution in [3.8, 4) is 5.75 Å². The first-order valence-electron chi connectivity index (χ1n) is 5.83. The molecule has 0 amide bonds. The number of rotatable bonds is 4. The third-order valence-electron chi connectivity index (χ3n) is 2.70. The Morgan fingerprint density at radius 1 is 1.20 bits per heavy atom. The van der Waals surface area contributed by atoms with Gasteiger partial charge in [0.15, 0.2) is 0 Å². The summed E-state index contributed by atoms with van der Waals surface area (Å²) in [7, 11) is 0. The zero-order valence-electron chi connectivity index (χ0n) is 10.7. The van der Waals surface area contributed by atoms with Crippen LogP contribution >= 0.6 is 11.6 Å². The molecule has 106 valence electrons. The largest absolute Gasteiger partial charge is 0.435 e. The van der Waals surface area contributed by atoms with Gasteiger partial charge in [0.2, 0.25) is 0 Å². The summed E-state index contributed by atoms with van der Waals surface area (Å²) in [5, 5.41) is 3.59. The SMILES string of the molecule is Cc1cc(N)c(Cl)cc1Nc1ccc(OC(F)F)cc1. The highest BCUT2D eigenvalue weighted by molar-refractivity contribution is 6.33. The van der Waals surface area contributed by atoms with E-state index in [4.69, 9.17) is 17.3 Å². The molecule has 20 heavy (non-hydrogen) atoms. The molecular formula is C14H13ClF2N2O. The Hall–Kier alpha value is -2.01. The molecule has 3 N–H and O–H groups in total. The Kier molecular flexibility index (Phi) is 4.29. The Morgan fingerprint density at radius 2 is 1.85 bits per heavy atom. The molecule has 0 aliphatic heterocycles. The molecule has 0 aliphatic rings. The Bertz CT molecular complexity index is 603. The van der Waals surface area contributed by atoms with Crippen molar-refractivity contribution in [1.82, 2.24) is 0 Å². The van der Waals surface area contributed by atoms with Gasteiger partial charge < -0.3 is 15.8 Å².